The molecule has 0 saturated carbocycles. The van der Waals surface area contributed by atoms with Gasteiger partial charge in [0.25, 0.3) is 0 Å². The van der Waals surface area contributed by atoms with E-state index in [-0.39, 0.29) is 36.1 Å². The van der Waals surface area contributed by atoms with Gasteiger partial charge in [0, 0.05) is 32.3 Å². The van der Waals surface area contributed by atoms with Gasteiger partial charge in [-0.1, -0.05) is 0 Å². The number of hydrogen-bond acceptors (Lipinski definition) is 5. The fraction of sp³-hybridized carbons (Fsp3) is 0.400. The van der Waals surface area contributed by atoms with Crippen molar-refractivity contribution in [3.63, 3.8) is 0 Å². The summed E-state index contributed by atoms with van der Waals surface area (Å²) in [6, 6.07) is 2.85. The summed E-state index contributed by atoms with van der Waals surface area (Å²) >= 11 is 0. The van der Waals surface area contributed by atoms with Crippen LogP contribution in [0.5, 0.6) is 0 Å². The molecule has 1 saturated heterocycles. The second-order valence-corrected chi connectivity index (χ2v) is 5.86. The second-order valence-electron chi connectivity index (χ2n) is 3.92. The van der Waals surface area contributed by atoms with Crippen molar-refractivity contribution in [2.45, 2.75) is 11.3 Å². The van der Waals surface area contributed by atoms with Crippen LogP contribution in [-0.4, -0.2) is 43.2 Å². The molecule has 0 unspecified atom stereocenters. The molecule has 1 fully saturated rings. The number of nitrogens with zero attached hydrogens (tertiary/aromatic N) is 2. The van der Waals surface area contributed by atoms with E-state index >= 15 is 0 Å². The number of carbonyl (C=O) groups excluding carboxylic acids is 1. The van der Waals surface area contributed by atoms with Gasteiger partial charge in [-0.15, -0.1) is 0 Å². The lowest BCUT2D eigenvalue weighted by Crippen LogP contribution is -2.34. The van der Waals surface area contributed by atoms with Crippen LogP contribution in [0.15, 0.2) is 23.2 Å². The molecular weight excluding hydrogens is 256 g/mol. The highest BCUT2D eigenvalue weighted by Crippen LogP contribution is 2.16. The summed E-state index contributed by atoms with van der Waals surface area (Å²) in [6.07, 6.45) is 1.40. The van der Waals surface area contributed by atoms with Gasteiger partial charge >= 0.3 is 0 Å². The first kappa shape index (κ1) is 12.8. The Morgan fingerprint density at radius 3 is 2.78 bits per heavy atom. The monoisotopic (exact) mass is 270 g/mol. The third kappa shape index (κ3) is 2.59. The van der Waals surface area contributed by atoms with E-state index in [1.807, 2.05) is 0 Å². The van der Waals surface area contributed by atoms with Crippen LogP contribution in [0.1, 0.15) is 6.42 Å². The predicted octanol–water partition coefficient (Wildman–Crippen LogP) is -0.826. The first-order valence-corrected chi connectivity index (χ1v) is 6.92. The van der Waals surface area contributed by atoms with Crippen LogP contribution in [0, 0.1) is 0 Å². The molecular formula is C10H14N4O3S. The van der Waals surface area contributed by atoms with Crippen LogP contribution >= 0.6 is 0 Å². The lowest BCUT2D eigenvalue weighted by Gasteiger charge is -2.18. The number of hydrogen-bond donors (Lipinski definition) is 2. The van der Waals surface area contributed by atoms with Crippen LogP contribution in [0.2, 0.25) is 0 Å². The zero-order valence-corrected chi connectivity index (χ0v) is 10.5. The van der Waals surface area contributed by atoms with Gasteiger partial charge in [-0.2, -0.15) is 4.31 Å². The number of carbonyl (C=O) groups is 1. The van der Waals surface area contributed by atoms with Crippen molar-refractivity contribution in [1.82, 2.24) is 14.6 Å². The summed E-state index contributed by atoms with van der Waals surface area (Å²) in [6.45, 7) is 0.761. The number of nitrogens with two attached hydrogens (primary N) is 1. The highest BCUT2D eigenvalue weighted by Gasteiger charge is 2.26. The van der Waals surface area contributed by atoms with Crippen LogP contribution in [0.25, 0.3) is 0 Å². The standard InChI is InChI=1S/C10H14N4O3S/c11-9-2-1-8(7-13-9)18(16,17)14-5-3-10(15)12-4-6-14/h1-2,7H,3-6H2,(H2,11,13)(H,12,15). The summed E-state index contributed by atoms with van der Waals surface area (Å²) in [5.74, 6) is 0.129. The summed E-state index contributed by atoms with van der Waals surface area (Å²) in [5.41, 5.74) is 5.42. The molecule has 0 aliphatic carbocycles. The van der Waals surface area contributed by atoms with Gasteiger partial charge in [0.05, 0.1) is 0 Å². The highest BCUT2D eigenvalue weighted by molar-refractivity contribution is 7.89. The Labute approximate surface area is 105 Å². The van der Waals surface area contributed by atoms with E-state index in [9.17, 15) is 13.2 Å². The first-order valence-electron chi connectivity index (χ1n) is 5.48. The minimum Gasteiger partial charge on any atom is -0.384 e. The smallest absolute Gasteiger partial charge is 0.244 e. The normalized spacial score (nSPS) is 18.1. The molecule has 7 nitrogen and oxygen atoms in total. The third-order valence-corrected chi connectivity index (χ3v) is 4.55. The summed E-state index contributed by atoms with van der Waals surface area (Å²) < 4.78 is 25.8. The van der Waals surface area contributed by atoms with Crippen molar-refractivity contribution >= 4 is 21.7 Å². The van der Waals surface area contributed by atoms with E-state index in [4.69, 9.17) is 5.73 Å². The van der Waals surface area contributed by atoms with Gasteiger partial charge in [0.2, 0.25) is 15.9 Å². The molecule has 8 heteroatoms. The van der Waals surface area contributed by atoms with E-state index < -0.39 is 10.0 Å². The van der Waals surface area contributed by atoms with Crippen molar-refractivity contribution in [3.05, 3.63) is 18.3 Å². The van der Waals surface area contributed by atoms with Crippen molar-refractivity contribution in [2.75, 3.05) is 25.4 Å². The fourth-order valence-corrected chi connectivity index (χ4v) is 3.07. The first-order chi connectivity index (χ1) is 8.50. The Hall–Kier alpha value is -1.67. The van der Waals surface area contributed by atoms with Crippen LogP contribution in [0.3, 0.4) is 0 Å². The van der Waals surface area contributed by atoms with E-state index in [0.29, 0.717) is 6.54 Å². The van der Waals surface area contributed by atoms with Gasteiger partial charge in [-0.05, 0) is 12.1 Å². The number of pyridine rings is 1. The maximum atomic E-state index is 12.3. The Kier molecular flexibility index (Phi) is 3.48. The highest BCUT2D eigenvalue weighted by atomic mass is 32.2. The SMILES string of the molecule is Nc1ccc(S(=O)(=O)N2CCNC(=O)CC2)cn1. The molecule has 1 aromatic rings. The van der Waals surface area contributed by atoms with Crippen molar-refractivity contribution in [1.29, 1.82) is 0 Å². The van der Waals surface area contributed by atoms with Crippen LogP contribution in [-0.2, 0) is 14.8 Å². The summed E-state index contributed by atoms with van der Waals surface area (Å²) in [7, 11) is -3.60. The molecule has 0 aromatic carbocycles. The van der Waals surface area contributed by atoms with Crippen molar-refractivity contribution in [3.8, 4) is 0 Å². The Bertz CT molecular complexity index is 541. The maximum absolute atomic E-state index is 12.3. The number of aromatic nitrogens is 1. The molecule has 3 N–H and O–H groups in total. The topological polar surface area (TPSA) is 105 Å². The average molecular weight is 270 g/mol. The fourth-order valence-electron chi connectivity index (χ4n) is 1.68. The molecule has 0 bridgehead atoms. The molecule has 1 aliphatic rings. The molecule has 0 atom stereocenters. The molecule has 0 radical (unpaired) electrons. The average Bonchev–Trinajstić information content (AvgIpc) is 2.55. The molecule has 0 spiro atoms. The number of sulfonamides is 1. The van der Waals surface area contributed by atoms with E-state index in [2.05, 4.69) is 10.3 Å². The van der Waals surface area contributed by atoms with Crippen LogP contribution in [0.4, 0.5) is 5.82 Å². The predicted molar refractivity (Wildman–Crippen MR) is 65.0 cm³/mol. The second kappa shape index (κ2) is 4.91. The molecule has 1 aromatic heterocycles. The zero-order valence-electron chi connectivity index (χ0n) is 9.67. The number of nitrogen functional groups attached to an aromatic ring is 1. The van der Waals surface area contributed by atoms with Gasteiger partial charge in [0.1, 0.15) is 10.7 Å². The lowest BCUT2D eigenvalue weighted by atomic mass is 10.4. The molecule has 2 rings (SSSR count). The lowest BCUT2D eigenvalue weighted by molar-refractivity contribution is -0.120. The third-order valence-electron chi connectivity index (χ3n) is 2.67. The minimum absolute atomic E-state index is 0.0889. The Morgan fingerprint density at radius 2 is 2.11 bits per heavy atom. The van der Waals surface area contributed by atoms with Gasteiger partial charge in [0.15, 0.2) is 0 Å². The largest absolute Gasteiger partial charge is 0.384 e. The minimum atomic E-state index is -3.60. The molecule has 1 amide bonds. The van der Waals surface area contributed by atoms with Gasteiger partial charge in [-0.3, -0.25) is 4.79 Å². The maximum Gasteiger partial charge on any atom is 0.244 e. The van der Waals surface area contributed by atoms with E-state index in [1.165, 1.54) is 22.6 Å². The number of rotatable bonds is 2. The number of amides is 1. The van der Waals surface area contributed by atoms with Crippen LogP contribution < -0.4 is 11.1 Å². The number of anilines is 1. The Morgan fingerprint density at radius 1 is 1.33 bits per heavy atom. The van der Waals surface area contributed by atoms with E-state index in [1.54, 1.807) is 0 Å². The molecule has 18 heavy (non-hydrogen) atoms. The molecule has 1 aliphatic heterocycles. The van der Waals surface area contributed by atoms with Crippen molar-refractivity contribution in [2.24, 2.45) is 0 Å². The zero-order chi connectivity index (χ0) is 13.2. The quantitative estimate of drug-likeness (QED) is 0.730. The summed E-state index contributed by atoms with van der Waals surface area (Å²) in [5, 5.41) is 2.63. The van der Waals surface area contributed by atoms with Gasteiger partial charge < -0.3 is 11.1 Å². The Balaban J connectivity index is 2.25. The number of nitrogens with one attached hydrogen (secondary N) is 1. The van der Waals surface area contributed by atoms with Gasteiger partial charge in [-0.25, -0.2) is 13.4 Å². The van der Waals surface area contributed by atoms with Crippen molar-refractivity contribution < 1.29 is 13.2 Å². The molecule has 2 heterocycles. The summed E-state index contributed by atoms with van der Waals surface area (Å²) in [4.78, 5) is 15.0. The van der Waals surface area contributed by atoms with E-state index in [0.717, 1.165) is 0 Å². The molecule has 98 valence electrons.